The molecule has 68 valence electrons. The van der Waals surface area contributed by atoms with Crippen molar-refractivity contribution in [3.63, 3.8) is 0 Å². The van der Waals surface area contributed by atoms with E-state index in [4.69, 9.17) is 0 Å². The Morgan fingerprint density at radius 2 is 2.00 bits per heavy atom. The first-order valence-corrected chi connectivity index (χ1v) is 4.85. The van der Waals surface area contributed by atoms with Crippen molar-refractivity contribution in [3.8, 4) is 0 Å². The zero-order valence-corrected chi connectivity index (χ0v) is 8.72. The quantitative estimate of drug-likeness (QED) is 0.508. The van der Waals surface area contributed by atoms with Gasteiger partial charge in [0.15, 0.2) is 0 Å². The molecule has 1 aliphatic carbocycles. The molecular formula is C12H20. The highest BCUT2D eigenvalue weighted by Crippen LogP contribution is 2.32. The number of allylic oxidation sites excluding steroid dienone is 4. The average molecular weight is 164 g/mol. The van der Waals surface area contributed by atoms with Crippen LogP contribution < -0.4 is 0 Å². The lowest BCUT2D eigenvalue weighted by molar-refractivity contribution is 0.280. The molecule has 0 heteroatoms. The Balaban J connectivity index is 2.68. The first-order valence-electron chi connectivity index (χ1n) is 4.85. The van der Waals surface area contributed by atoms with Crippen molar-refractivity contribution in [2.24, 2.45) is 11.3 Å². The largest absolute Gasteiger partial charge is 0.0816 e. The summed E-state index contributed by atoms with van der Waals surface area (Å²) in [6, 6.07) is 0. The Hall–Kier alpha value is -0.520. The first kappa shape index (κ1) is 9.57. The van der Waals surface area contributed by atoms with Gasteiger partial charge in [-0.25, -0.2) is 0 Å². The van der Waals surface area contributed by atoms with Gasteiger partial charge in [0.2, 0.25) is 0 Å². The summed E-state index contributed by atoms with van der Waals surface area (Å²) < 4.78 is 0. The molecule has 0 aliphatic heterocycles. The number of rotatable bonds is 0. The summed E-state index contributed by atoms with van der Waals surface area (Å²) in [7, 11) is 0. The van der Waals surface area contributed by atoms with E-state index in [2.05, 4.69) is 45.9 Å². The molecule has 1 aliphatic rings. The van der Waals surface area contributed by atoms with Crippen LogP contribution in [-0.4, -0.2) is 0 Å². The van der Waals surface area contributed by atoms with Gasteiger partial charge in [0.25, 0.3) is 0 Å². The Labute approximate surface area is 76.4 Å². The predicted octanol–water partition coefficient (Wildman–Crippen LogP) is 3.95. The van der Waals surface area contributed by atoms with Crippen LogP contribution in [0.5, 0.6) is 0 Å². The van der Waals surface area contributed by atoms with E-state index >= 15 is 0 Å². The topological polar surface area (TPSA) is 0 Å². The Kier molecular flexibility index (Phi) is 2.76. The predicted molar refractivity (Wildman–Crippen MR) is 55.1 cm³/mol. The molecule has 0 bridgehead atoms. The number of hydrogen-bond acceptors (Lipinski definition) is 0. The lowest BCUT2D eigenvalue weighted by atomic mass is 9.78. The third kappa shape index (κ3) is 2.51. The highest BCUT2D eigenvalue weighted by atomic mass is 14.3. The summed E-state index contributed by atoms with van der Waals surface area (Å²) in [6.45, 7) is 9.15. The van der Waals surface area contributed by atoms with Gasteiger partial charge in [-0.05, 0) is 31.1 Å². The lowest BCUT2D eigenvalue weighted by Gasteiger charge is -2.27. The molecule has 0 spiro atoms. The minimum absolute atomic E-state index is 0.426. The van der Waals surface area contributed by atoms with Crippen LogP contribution in [0.4, 0.5) is 0 Å². The van der Waals surface area contributed by atoms with E-state index in [9.17, 15) is 0 Å². The van der Waals surface area contributed by atoms with Crippen LogP contribution in [0.1, 0.15) is 40.5 Å². The fourth-order valence-corrected chi connectivity index (χ4v) is 1.64. The third-order valence-electron chi connectivity index (χ3n) is 2.65. The Morgan fingerprint density at radius 1 is 1.33 bits per heavy atom. The fourth-order valence-electron chi connectivity index (χ4n) is 1.64. The van der Waals surface area contributed by atoms with Crippen molar-refractivity contribution in [2.75, 3.05) is 0 Å². The summed E-state index contributed by atoms with van der Waals surface area (Å²) in [4.78, 5) is 0. The molecule has 0 radical (unpaired) electrons. The molecular weight excluding hydrogens is 144 g/mol. The van der Waals surface area contributed by atoms with E-state index < -0.39 is 0 Å². The molecule has 1 unspecified atom stereocenters. The third-order valence-corrected chi connectivity index (χ3v) is 2.65. The smallest absolute Gasteiger partial charge is 0.0179 e. The molecule has 0 aromatic rings. The van der Waals surface area contributed by atoms with Gasteiger partial charge in [-0.1, -0.05) is 44.6 Å². The van der Waals surface area contributed by atoms with Gasteiger partial charge in [0.1, 0.15) is 0 Å². The van der Waals surface area contributed by atoms with Crippen LogP contribution in [0.3, 0.4) is 0 Å². The van der Waals surface area contributed by atoms with Crippen LogP contribution in [0, 0.1) is 11.3 Å². The molecule has 12 heavy (non-hydrogen) atoms. The zero-order valence-electron chi connectivity index (χ0n) is 8.72. The lowest BCUT2D eigenvalue weighted by Crippen LogP contribution is -2.17. The van der Waals surface area contributed by atoms with E-state index in [1.54, 1.807) is 0 Å². The molecule has 0 saturated heterocycles. The second kappa shape index (κ2) is 3.47. The van der Waals surface area contributed by atoms with Crippen molar-refractivity contribution in [2.45, 2.75) is 40.5 Å². The van der Waals surface area contributed by atoms with Crippen molar-refractivity contribution in [1.82, 2.24) is 0 Å². The highest BCUT2D eigenvalue weighted by Gasteiger charge is 2.21. The second-order valence-corrected chi connectivity index (χ2v) is 4.86. The van der Waals surface area contributed by atoms with Gasteiger partial charge in [0, 0.05) is 0 Å². The molecule has 1 rings (SSSR count). The summed E-state index contributed by atoms with van der Waals surface area (Å²) in [5, 5.41) is 0. The summed E-state index contributed by atoms with van der Waals surface area (Å²) in [5.41, 5.74) is 1.84. The molecule has 0 N–H and O–H groups in total. The molecule has 0 amide bonds. The molecule has 0 heterocycles. The highest BCUT2D eigenvalue weighted by molar-refractivity contribution is 5.19. The van der Waals surface area contributed by atoms with Gasteiger partial charge in [-0.3, -0.25) is 0 Å². The van der Waals surface area contributed by atoms with Crippen LogP contribution in [0.25, 0.3) is 0 Å². The van der Waals surface area contributed by atoms with Crippen molar-refractivity contribution < 1.29 is 0 Å². The van der Waals surface area contributed by atoms with Gasteiger partial charge in [-0.2, -0.15) is 0 Å². The van der Waals surface area contributed by atoms with Gasteiger partial charge in [-0.15, -0.1) is 0 Å². The zero-order chi connectivity index (χ0) is 9.19. The maximum Gasteiger partial charge on any atom is -0.0179 e. The summed E-state index contributed by atoms with van der Waals surface area (Å²) >= 11 is 0. The standard InChI is InChI=1S/C12H20/c1-10-6-5-7-11(9-8-10)12(2,3)4/h6,8-9,11H,5,7H2,1-4H3. The molecule has 0 aromatic carbocycles. The molecule has 0 fully saturated rings. The maximum absolute atomic E-state index is 2.37. The first-order chi connectivity index (χ1) is 5.50. The minimum atomic E-state index is 0.426. The maximum atomic E-state index is 2.37. The monoisotopic (exact) mass is 164 g/mol. The molecule has 0 saturated carbocycles. The van der Waals surface area contributed by atoms with Crippen molar-refractivity contribution in [3.05, 3.63) is 23.8 Å². The average Bonchev–Trinajstić information content (AvgIpc) is 2.11. The van der Waals surface area contributed by atoms with E-state index in [-0.39, 0.29) is 0 Å². The van der Waals surface area contributed by atoms with Crippen LogP contribution in [0.2, 0.25) is 0 Å². The van der Waals surface area contributed by atoms with Crippen LogP contribution >= 0.6 is 0 Å². The summed E-state index contributed by atoms with van der Waals surface area (Å²) in [5.74, 6) is 0.742. The Bertz CT molecular complexity index is 201. The minimum Gasteiger partial charge on any atom is -0.0816 e. The van der Waals surface area contributed by atoms with E-state index in [1.807, 2.05) is 0 Å². The summed E-state index contributed by atoms with van der Waals surface area (Å²) in [6.07, 6.45) is 9.52. The van der Waals surface area contributed by atoms with Gasteiger partial charge in [0.05, 0.1) is 0 Å². The Morgan fingerprint density at radius 3 is 2.58 bits per heavy atom. The van der Waals surface area contributed by atoms with Crippen LogP contribution in [0.15, 0.2) is 23.8 Å². The van der Waals surface area contributed by atoms with Crippen LogP contribution in [-0.2, 0) is 0 Å². The molecule has 0 aromatic heterocycles. The van der Waals surface area contributed by atoms with Crippen molar-refractivity contribution >= 4 is 0 Å². The van der Waals surface area contributed by atoms with E-state index in [0.29, 0.717) is 5.41 Å². The second-order valence-electron chi connectivity index (χ2n) is 4.86. The van der Waals surface area contributed by atoms with E-state index in [0.717, 1.165) is 5.92 Å². The normalized spacial score (nSPS) is 25.0. The van der Waals surface area contributed by atoms with Gasteiger partial charge >= 0.3 is 0 Å². The molecule has 1 atom stereocenters. The number of hydrogen-bond donors (Lipinski definition) is 0. The van der Waals surface area contributed by atoms with E-state index in [1.165, 1.54) is 18.4 Å². The van der Waals surface area contributed by atoms with Gasteiger partial charge < -0.3 is 0 Å². The fraction of sp³-hybridized carbons (Fsp3) is 0.667. The van der Waals surface area contributed by atoms with Crippen molar-refractivity contribution in [1.29, 1.82) is 0 Å². The SMILES string of the molecule is CC1=CCCC(C(C)(C)C)C=C1. The molecule has 0 nitrogen and oxygen atoms in total.